The summed E-state index contributed by atoms with van der Waals surface area (Å²) in [5.74, 6) is 2.26. The molecule has 1 aromatic heterocycles. The number of nitrogens with zero attached hydrogens (tertiary/aromatic N) is 2. The van der Waals surface area contributed by atoms with Crippen LogP contribution >= 0.6 is 0 Å². The number of benzene rings is 1. The molecule has 0 bridgehead atoms. The quantitative estimate of drug-likeness (QED) is 0.808. The smallest absolute Gasteiger partial charge is 0.168 e. The number of hydrogen-bond acceptors (Lipinski definition) is 5. The van der Waals surface area contributed by atoms with Gasteiger partial charge >= 0.3 is 0 Å². The van der Waals surface area contributed by atoms with Crippen LogP contribution in [0.3, 0.4) is 0 Å². The summed E-state index contributed by atoms with van der Waals surface area (Å²) in [6, 6.07) is 11.6. The first kappa shape index (κ1) is 15.3. The summed E-state index contributed by atoms with van der Waals surface area (Å²) in [5, 5.41) is 3.27. The van der Waals surface area contributed by atoms with Gasteiger partial charge in [-0.05, 0) is 18.6 Å². The third-order valence-electron chi connectivity index (χ3n) is 2.78. The summed E-state index contributed by atoms with van der Waals surface area (Å²) in [6.07, 6.45) is 1.04. The molecule has 5 nitrogen and oxygen atoms in total. The van der Waals surface area contributed by atoms with Crippen molar-refractivity contribution < 1.29 is 9.47 Å². The minimum atomic E-state index is 0.336. The number of nitrogens with one attached hydrogen (secondary N) is 1. The summed E-state index contributed by atoms with van der Waals surface area (Å²) in [6.45, 7) is 3.79. The molecule has 0 fully saturated rings. The Labute approximate surface area is 125 Å². The molecule has 0 amide bonds. The van der Waals surface area contributed by atoms with Gasteiger partial charge in [0.2, 0.25) is 0 Å². The maximum atomic E-state index is 5.69. The summed E-state index contributed by atoms with van der Waals surface area (Å²) in [5.41, 5.74) is 0.845. The van der Waals surface area contributed by atoms with Gasteiger partial charge in [-0.25, -0.2) is 9.97 Å². The summed E-state index contributed by atoms with van der Waals surface area (Å²) >= 11 is 0. The van der Waals surface area contributed by atoms with Crippen molar-refractivity contribution in [3.8, 4) is 5.75 Å². The van der Waals surface area contributed by atoms with Crippen LogP contribution in [0.15, 0.2) is 36.4 Å². The van der Waals surface area contributed by atoms with Crippen LogP contribution in [0.25, 0.3) is 0 Å². The Hall–Kier alpha value is -2.14. The molecule has 2 aromatic rings. The number of methoxy groups -OCH3 is 1. The molecule has 112 valence electrons. The van der Waals surface area contributed by atoms with Gasteiger partial charge in [0.25, 0.3) is 0 Å². The Morgan fingerprint density at radius 1 is 1.10 bits per heavy atom. The summed E-state index contributed by atoms with van der Waals surface area (Å²) < 4.78 is 10.8. The molecule has 0 aliphatic carbocycles. The van der Waals surface area contributed by atoms with Crippen LogP contribution < -0.4 is 10.1 Å². The van der Waals surface area contributed by atoms with Gasteiger partial charge < -0.3 is 14.8 Å². The Kier molecular flexibility index (Phi) is 5.97. The van der Waals surface area contributed by atoms with Gasteiger partial charge in [-0.15, -0.1) is 0 Å². The fraction of sp³-hybridized carbons (Fsp3) is 0.375. The van der Waals surface area contributed by atoms with E-state index in [0.717, 1.165) is 30.2 Å². The molecule has 0 saturated carbocycles. The van der Waals surface area contributed by atoms with Crippen molar-refractivity contribution in [2.75, 3.05) is 19.0 Å². The van der Waals surface area contributed by atoms with Gasteiger partial charge in [0.15, 0.2) is 5.82 Å². The van der Waals surface area contributed by atoms with Gasteiger partial charge in [0.1, 0.15) is 18.2 Å². The number of hydrogen-bond donors (Lipinski definition) is 1. The van der Waals surface area contributed by atoms with E-state index in [4.69, 9.17) is 9.47 Å². The first-order chi connectivity index (χ1) is 10.3. The van der Waals surface area contributed by atoms with Crippen molar-refractivity contribution in [1.82, 2.24) is 9.97 Å². The first-order valence-electron chi connectivity index (χ1n) is 7.09. The summed E-state index contributed by atoms with van der Waals surface area (Å²) in [4.78, 5) is 8.91. The molecule has 2 rings (SSSR count). The third-order valence-corrected chi connectivity index (χ3v) is 2.78. The molecule has 0 aliphatic rings. The molecular formula is C16H21N3O2. The zero-order chi connectivity index (χ0) is 14.9. The topological polar surface area (TPSA) is 56.3 Å². The third kappa shape index (κ3) is 5.04. The average molecular weight is 287 g/mol. The second kappa shape index (κ2) is 8.21. The van der Waals surface area contributed by atoms with Crippen LogP contribution in [0.1, 0.15) is 24.9 Å². The average Bonchev–Trinajstić information content (AvgIpc) is 2.52. The second-order valence-electron chi connectivity index (χ2n) is 4.62. The standard InChI is InChI=1S/C16H21N3O2/c1-3-9-17-15-10-13(11-20-2)18-16(19-15)12-21-14-7-5-4-6-8-14/h4-8,10H,3,9,11-12H2,1-2H3,(H,17,18,19). The van der Waals surface area contributed by atoms with Crippen LogP contribution in [0.5, 0.6) is 5.75 Å². The predicted molar refractivity (Wildman–Crippen MR) is 82.3 cm³/mol. The van der Waals surface area contributed by atoms with Gasteiger partial charge in [0.05, 0.1) is 12.3 Å². The van der Waals surface area contributed by atoms with Gasteiger partial charge in [-0.2, -0.15) is 0 Å². The molecular weight excluding hydrogens is 266 g/mol. The monoisotopic (exact) mass is 287 g/mol. The highest BCUT2D eigenvalue weighted by atomic mass is 16.5. The van der Waals surface area contributed by atoms with E-state index >= 15 is 0 Å². The lowest BCUT2D eigenvalue weighted by Crippen LogP contribution is -2.09. The second-order valence-corrected chi connectivity index (χ2v) is 4.62. The first-order valence-corrected chi connectivity index (χ1v) is 7.09. The minimum Gasteiger partial charge on any atom is -0.486 e. The van der Waals surface area contributed by atoms with Gasteiger partial charge in [-0.3, -0.25) is 0 Å². The van der Waals surface area contributed by atoms with E-state index in [1.165, 1.54) is 0 Å². The molecule has 1 heterocycles. The Morgan fingerprint density at radius 2 is 1.90 bits per heavy atom. The molecule has 0 aliphatic heterocycles. The zero-order valence-corrected chi connectivity index (χ0v) is 12.5. The fourth-order valence-electron chi connectivity index (χ4n) is 1.85. The number of aromatic nitrogens is 2. The van der Waals surface area contributed by atoms with Crippen molar-refractivity contribution in [3.05, 3.63) is 47.9 Å². The van der Waals surface area contributed by atoms with E-state index in [9.17, 15) is 0 Å². The molecule has 0 atom stereocenters. The lowest BCUT2D eigenvalue weighted by atomic mass is 10.3. The highest BCUT2D eigenvalue weighted by Crippen LogP contribution is 2.12. The van der Waals surface area contributed by atoms with E-state index in [1.54, 1.807) is 7.11 Å². The molecule has 0 unspecified atom stereocenters. The van der Waals surface area contributed by atoms with Crippen LogP contribution in [0.4, 0.5) is 5.82 Å². The maximum Gasteiger partial charge on any atom is 0.168 e. The van der Waals surface area contributed by atoms with Gasteiger partial charge in [-0.1, -0.05) is 25.1 Å². The molecule has 1 N–H and O–H groups in total. The van der Waals surface area contributed by atoms with E-state index in [0.29, 0.717) is 19.0 Å². The number of para-hydroxylation sites is 1. The van der Waals surface area contributed by atoms with Crippen molar-refractivity contribution in [1.29, 1.82) is 0 Å². The number of ether oxygens (including phenoxy) is 2. The minimum absolute atomic E-state index is 0.336. The molecule has 21 heavy (non-hydrogen) atoms. The lowest BCUT2D eigenvalue weighted by Gasteiger charge is -2.10. The van der Waals surface area contributed by atoms with Crippen molar-refractivity contribution in [3.63, 3.8) is 0 Å². The van der Waals surface area contributed by atoms with E-state index in [-0.39, 0.29) is 0 Å². The lowest BCUT2D eigenvalue weighted by molar-refractivity contribution is 0.180. The highest BCUT2D eigenvalue weighted by molar-refractivity contribution is 5.36. The summed E-state index contributed by atoms with van der Waals surface area (Å²) in [7, 11) is 1.65. The Balaban J connectivity index is 2.07. The fourth-order valence-corrected chi connectivity index (χ4v) is 1.85. The molecule has 0 saturated heterocycles. The predicted octanol–water partition coefficient (Wildman–Crippen LogP) is 3.02. The van der Waals surface area contributed by atoms with Crippen LogP contribution in [-0.2, 0) is 18.0 Å². The largest absolute Gasteiger partial charge is 0.486 e. The van der Waals surface area contributed by atoms with Crippen LogP contribution in [0, 0.1) is 0 Å². The molecule has 5 heteroatoms. The van der Waals surface area contributed by atoms with Crippen molar-refractivity contribution in [2.45, 2.75) is 26.6 Å². The zero-order valence-electron chi connectivity index (χ0n) is 12.5. The van der Waals surface area contributed by atoms with E-state index < -0.39 is 0 Å². The van der Waals surface area contributed by atoms with E-state index in [2.05, 4.69) is 22.2 Å². The SMILES string of the molecule is CCCNc1cc(COC)nc(COc2ccccc2)n1. The Bertz CT molecular complexity index is 546. The van der Waals surface area contributed by atoms with Crippen LogP contribution in [0.2, 0.25) is 0 Å². The Morgan fingerprint density at radius 3 is 2.62 bits per heavy atom. The number of rotatable bonds is 8. The molecule has 0 spiro atoms. The van der Waals surface area contributed by atoms with E-state index in [1.807, 2.05) is 36.4 Å². The highest BCUT2D eigenvalue weighted by Gasteiger charge is 2.05. The molecule has 1 aromatic carbocycles. The van der Waals surface area contributed by atoms with Crippen LogP contribution in [-0.4, -0.2) is 23.6 Å². The van der Waals surface area contributed by atoms with Crippen molar-refractivity contribution in [2.24, 2.45) is 0 Å². The van der Waals surface area contributed by atoms with Crippen molar-refractivity contribution >= 4 is 5.82 Å². The normalized spacial score (nSPS) is 10.4. The molecule has 0 radical (unpaired) electrons. The number of anilines is 1. The maximum absolute atomic E-state index is 5.69. The van der Waals surface area contributed by atoms with Gasteiger partial charge in [0, 0.05) is 19.7 Å².